The normalized spacial score (nSPS) is 12.5. The van der Waals surface area contributed by atoms with Crippen molar-refractivity contribution in [3.05, 3.63) is 0 Å². The fourth-order valence-corrected chi connectivity index (χ4v) is 0.485. The molecule has 1 unspecified atom stereocenters. The van der Waals surface area contributed by atoms with Crippen LogP contribution in [0, 0.1) is 11.3 Å². The molecule has 0 bridgehead atoms. The average Bonchev–Trinajstić information content (AvgIpc) is 2.05. The molecule has 0 amide bonds. The van der Waals surface area contributed by atoms with Crippen LogP contribution >= 0.6 is 0 Å². The van der Waals surface area contributed by atoms with Crippen LogP contribution in [0.1, 0.15) is 13.3 Å². The molecule has 0 aromatic rings. The van der Waals surface area contributed by atoms with Crippen molar-refractivity contribution in [1.82, 2.24) is 5.48 Å². The number of hydrogen-bond donors (Lipinski definition) is 1. The number of nitriles is 1. The number of nitrogens with zero attached hydrogens (tertiary/aromatic N) is 1. The Morgan fingerprint density at radius 1 is 1.55 bits per heavy atom. The summed E-state index contributed by atoms with van der Waals surface area (Å²) in [6, 6.07) is 1.84. The van der Waals surface area contributed by atoms with Crippen molar-refractivity contribution in [1.29, 1.82) is 5.26 Å². The van der Waals surface area contributed by atoms with Gasteiger partial charge in [-0.2, -0.15) is 10.7 Å². The van der Waals surface area contributed by atoms with Gasteiger partial charge < -0.3 is 4.74 Å². The SMILES string of the molecule is CCC(C#N)NOCCOC. The Morgan fingerprint density at radius 2 is 2.27 bits per heavy atom. The molecule has 0 saturated heterocycles. The molecule has 0 heterocycles. The average molecular weight is 158 g/mol. The molecule has 0 aliphatic rings. The zero-order valence-corrected chi connectivity index (χ0v) is 6.96. The van der Waals surface area contributed by atoms with Crippen LogP contribution in [0.2, 0.25) is 0 Å². The van der Waals surface area contributed by atoms with Crippen molar-refractivity contribution < 1.29 is 9.57 Å². The summed E-state index contributed by atoms with van der Waals surface area (Å²) in [5, 5.41) is 8.46. The fraction of sp³-hybridized carbons (Fsp3) is 0.857. The Kier molecular flexibility index (Phi) is 7.05. The van der Waals surface area contributed by atoms with E-state index in [0.717, 1.165) is 6.42 Å². The predicted octanol–water partition coefficient (Wildman–Crippen LogP) is 0.456. The number of hydrogen-bond acceptors (Lipinski definition) is 4. The van der Waals surface area contributed by atoms with E-state index in [4.69, 9.17) is 14.8 Å². The lowest BCUT2D eigenvalue weighted by molar-refractivity contribution is -0.00340. The van der Waals surface area contributed by atoms with Crippen LogP contribution in [-0.2, 0) is 9.57 Å². The quantitative estimate of drug-likeness (QED) is 0.450. The molecule has 0 aromatic carbocycles. The van der Waals surface area contributed by atoms with Crippen LogP contribution < -0.4 is 5.48 Å². The molecule has 11 heavy (non-hydrogen) atoms. The largest absolute Gasteiger partial charge is 0.382 e. The van der Waals surface area contributed by atoms with Gasteiger partial charge in [-0.15, -0.1) is 0 Å². The molecule has 0 aliphatic carbocycles. The van der Waals surface area contributed by atoms with Gasteiger partial charge in [-0.3, -0.25) is 4.84 Å². The van der Waals surface area contributed by atoms with Gasteiger partial charge in [0.05, 0.1) is 19.3 Å². The van der Waals surface area contributed by atoms with Crippen molar-refractivity contribution in [2.75, 3.05) is 20.3 Å². The molecule has 4 nitrogen and oxygen atoms in total. The summed E-state index contributed by atoms with van der Waals surface area (Å²) < 4.78 is 4.74. The minimum Gasteiger partial charge on any atom is -0.382 e. The van der Waals surface area contributed by atoms with Crippen molar-refractivity contribution in [3.8, 4) is 6.07 Å². The summed E-state index contributed by atoms with van der Waals surface area (Å²) in [6.45, 7) is 2.92. The topological polar surface area (TPSA) is 54.3 Å². The van der Waals surface area contributed by atoms with E-state index in [1.807, 2.05) is 6.92 Å². The maximum absolute atomic E-state index is 8.46. The molecule has 1 N–H and O–H groups in total. The molecule has 0 spiro atoms. The number of methoxy groups -OCH3 is 1. The minimum atomic E-state index is -0.216. The highest BCUT2D eigenvalue weighted by molar-refractivity contribution is 4.85. The van der Waals surface area contributed by atoms with Crippen LogP contribution in [0.5, 0.6) is 0 Å². The number of hydroxylamine groups is 1. The fourth-order valence-electron chi connectivity index (χ4n) is 0.485. The van der Waals surface area contributed by atoms with Gasteiger partial charge in [-0.1, -0.05) is 6.92 Å². The van der Waals surface area contributed by atoms with Gasteiger partial charge in [0.2, 0.25) is 0 Å². The first-order valence-corrected chi connectivity index (χ1v) is 3.61. The van der Waals surface area contributed by atoms with E-state index in [-0.39, 0.29) is 6.04 Å². The monoisotopic (exact) mass is 158 g/mol. The van der Waals surface area contributed by atoms with Gasteiger partial charge >= 0.3 is 0 Å². The summed E-state index contributed by atoms with van der Waals surface area (Å²) >= 11 is 0. The predicted molar refractivity (Wildman–Crippen MR) is 40.7 cm³/mol. The van der Waals surface area contributed by atoms with Crippen LogP contribution in [0.3, 0.4) is 0 Å². The molecular weight excluding hydrogens is 144 g/mol. The second-order valence-corrected chi connectivity index (χ2v) is 2.05. The molecular formula is C7H14N2O2. The molecule has 0 rings (SSSR count). The highest BCUT2D eigenvalue weighted by Gasteiger charge is 2.01. The Labute approximate surface area is 67.1 Å². The minimum absolute atomic E-state index is 0.216. The lowest BCUT2D eigenvalue weighted by Crippen LogP contribution is -2.28. The highest BCUT2D eigenvalue weighted by atomic mass is 16.7. The summed E-state index contributed by atoms with van der Waals surface area (Å²) in [7, 11) is 1.60. The second-order valence-electron chi connectivity index (χ2n) is 2.05. The van der Waals surface area contributed by atoms with E-state index in [1.165, 1.54) is 0 Å². The summed E-state index contributed by atoms with van der Waals surface area (Å²) in [6.07, 6.45) is 0.740. The van der Waals surface area contributed by atoms with Crippen LogP contribution in [0.25, 0.3) is 0 Å². The smallest absolute Gasteiger partial charge is 0.118 e. The maximum atomic E-state index is 8.46. The maximum Gasteiger partial charge on any atom is 0.118 e. The molecule has 0 fully saturated rings. The first-order valence-electron chi connectivity index (χ1n) is 3.61. The number of nitrogens with one attached hydrogen (secondary N) is 1. The van der Waals surface area contributed by atoms with Gasteiger partial charge in [0.1, 0.15) is 6.04 Å². The third kappa shape index (κ3) is 5.80. The summed E-state index contributed by atoms with van der Waals surface area (Å²) in [5.41, 5.74) is 2.61. The van der Waals surface area contributed by atoms with Crippen molar-refractivity contribution in [2.24, 2.45) is 0 Å². The Balaban J connectivity index is 3.16. The Morgan fingerprint density at radius 3 is 2.73 bits per heavy atom. The molecule has 0 aromatic heterocycles. The lowest BCUT2D eigenvalue weighted by atomic mass is 10.3. The molecule has 4 heteroatoms. The van der Waals surface area contributed by atoms with Gasteiger partial charge in [0.15, 0.2) is 0 Å². The number of ether oxygens (including phenoxy) is 1. The van der Waals surface area contributed by atoms with Gasteiger partial charge in [0, 0.05) is 7.11 Å². The Bertz CT molecular complexity index is 122. The van der Waals surface area contributed by atoms with E-state index >= 15 is 0 Å². The molecule has 0 saturated carbocycles. The first kappa shape index (κ1) is 10.4. The van der Waals surface area contributed by atoms with Crippen molar-refractivity contribution >= 4 is 0 Å². The zero-order valence-electron chi connectivity index (χ0n) is 6.96. The van der Waals surface area contributed by atoms with Crippen LogP contribution in [-0.4, -0.2) is 26.4 Å². The van der Waals surface area contributed by atoms with E-state index in [0.29, 0.717) is 13.2 Å². The van der Waals surface area contributed by atoms with Crippen LogP contribution in [0.15, 0.2) is 0 Å². The highest BCUT2D eigenvalue weighted by Crippen LogP contribution is 1.86. The van der Waals surface area contributed by atoms with Crippen molar-refractivity contribution in [3.63, 3.8) is 0 Å². The van der Waals surface area contributed by atoms with E-state index in [1.54, 1.807) is 7.11 Å². The van der Waals surface area contributed by atoms with Crippen molar-refractivity contribution in [2.45, 2.75) is 19.4 Å². The standard InChI is InChI=1S/C7H14N2O2/c1-3-7(6-8)9-11-5-4-10-2/h7,9H,3-5H2,1-2H3. The first-order chi connectivity index (χ1) is 5.35. The molecule has 64 valence electrons. The molecule has 0 radical (unpaired) electrons. The van der Waals surface area contributed by atoms with Gasteiger partial charge in [0.25, 0.3) is 0 Å². The summed E-state index contributed by atoms with van der Waals surface area (Å²) in [5.74, 6) is 0. The summed E-state index contributed by atoms with van der Waals surface area (Å²) in [4.78, 5) is 4.92. The van der Waals surface area contributed by atoms with E-state index in [2.05, 4.69) is 11.5 Å². The van der Waals surface area contributed by atoms with E-state index < -0.39 is 0 Å². The lowest BCUT2D eigenvalue weighted by Gasteiger charge is -2.07. The molecule has 1 atom stereocenters. The zero-order chi connectivity index (χ0) is 8.53. The van der Waals surface area contributed by atoms with Gasteiger partial charge in [-0.05, 0) is 6.42 Å². The second kappa shape index (κ2) is 7.48. The van der Waals surface area contributed by atoms with E-state index in [9.17, 15) is 0 Å². The third-order valence-electron chi connectivity index (χ3n) is 1.18. The molecule has 0 aliphatic heterocycles. The Hall–Kier alpha value is -0.630. The third-order valence-corrected chi connectivity index (χ3v) is 1.18. The van der Waals surface area contributed by atoms with Crippen LogP contribution in [0.4, 0.5) is 0 Å². The van der Waals surface area contributed by atoms with Gasteiger partial charge in [-0.25, -0.2) is 0 Å². The number of rotatable bonds is 6.